The molecule has 2 N–H and O–H groups in total. The maximum absolute atomic E-state index is 4.33. The van der Waals surface area contributed by atoms with E-state index in [4.69, 9.17) is 0 Å². The first-order chi connectivity index (χ1) is 10.9. The predicted octanol–water partition coefficient (Wildman–Crippen LogP) is 2.83. The zero-order chi connectivity index (χ0) is 15.0. The van der Waals surface area contributed by atoms with Crippen LogP contribution in [0.3, 0.4) is 0 Å². The summed E-state index contributed by atoms with van der Waals surface area (Å²) in [6.45, 7) is 0. The second kappa shape index (κ2) is 8.88. The monoisotopic (exact) mass is 347 g/mol. The standard InChI is InChI=1S/C12H12N5.C5H5.Fe/c1-2-4-9(3-1)5-10-7-13-12(15-10)6-11-8-14-17-16-11;1-2-4-5-3-1;/h1-4,7-8H,5-6H2,(H,13,15)(H,14,16,17);1-5H;/q2*-1;+2. The van der Waals surface area contributed by atoms with Gasteiger partial charge in [-0.05, 0) is 6.42 Å². The van der Waals surface area contributed by atoms with Gasteiger partial charge in [-0.2, -0.15) is 51.3 Å². The van der Waals surface area contributed by atoms with Gasteiger partial charge in [0, 0.05) is 11.9 Å². The van der Waals surface area contributed by atoms with Crippen molar-refractivity contribution in [3.05, 3.63) is 89.8 Å². The summed E-state index contributed by atoms with van der Waals surface area (Å²) in [5.74, 6) is 0.917. The second-order valence-electron chi connectivity index (χ2n) is 4.93. The van der Waals surface area contributed by atoms with Gasteiger partial charge in [-0.15, -0.1) is 0 Å². The Morgan fingerprint density at radius 3 is 2.43 bits per heavy atom. The molecule has 23 heavy (non-hydrogen) atoms. The number of H-pyrrole nitrogens is 2. The number of nitrogens with zero attached hydrogens (tertiary/aromatic N) is 3. The summed E-state index contributed by atoms with van der Waals surface area (Å²) < 4.78 is 0. The normalized spacial score (nSPS) is 9.74. The molecule has 0 aliphatic rings. The van der Waals surface area contributed by atoms with E-state index in [1.54, 1.807) is 6.20 Å². The molecule has 0 unspecified atom stereocenters. The zero-order valence-electron chi connectivity index (χ0n) is 12.5. The third kappa shape index (κ3) is 5.36. The average Bonchev–Trinajstić information content (AvgIpc) is 3.32. The number of aromatic amines is 2. The third-order valence-electron chi connectivity index (χ3n) is 3.18. The molecule has 2 aromatic heterocycles. The Hall–Kier alpha value is -2.43. The quantitative estimate of drug-likeness (QED) is 0.441. The number of hydrogen-bond donors (Lipinski definition) is 2. The molecule has 5 nitrogen and oxygen atoms in total. The van der Waals surface area contributed by atoms with Crippen LogP contribution in [0.4, 0.5) is 0 Å². The van der Waals surface area contributed by atoms with Crippen molar-refractivity contribution >= 4 is 0 Å². The Balaban J connectivity index is 0.000000276. The van der Waals surface area contributed by atoms with Crippen LogP contribution in [-0.4, -0.2) is 25.4 Å². The molecule has 0 bridgehead atoms. The van der Waals surface area contributed by atoms with E-state index in [1.165, 1.54) is 5.56 Å². The summed E-state index contributed by atoms with van der Waals surface area (Å²) in [5, 5.41) is 10.4. The molecule has 0 spiro atoms. The predicted molar refractivity (Wildman–Crippen MR) is 84.7 cm³/mol. The van der Waals surface area contributed by atoms with E-state index in [0.29, 0.717) is 6.42 Å². The third-order valence-corrected chi connectivity index (χ3v) is 3.18. The molecule has 0 saturated heterocycles. The minimum absolute atomic E-state index is 0. The molecular weight excluding hydrogens is 330 g/mol. The molecule has 0 aliphatic heterocycles. The van der Waals surface area contributed by atoms with E-state index in [-0.39, 0.29) is 17.1 Å². The number of imidazole rings is 1. The second-order valence-corrected chi connectivity index (χ2v) is 4.93. The first-order valence-electron chi connectivity index (χ1n) is 7.15. The summed E-state index contributed by atoms with van der Waals surface area (Å²) in [7, 11) is 0. The summed E-state index contributed by atoms with van der Waals surface area (Å²) in [4.78, 5) is 7.63. The summed E-state index contributed by atoms with van der Waals surface area (Å²) in [5.41, 5.74) is 3.30. The fourth-order valence-electron chi connectivity index (χ4n) is 2.14. The van der Waals surface area contributed by atoms with Crippen molar-refractivity contribution in [2.75, 3.05) is 0 Å². The molecule has 0 fully saturated rings. The number of nitrogens with one attached hydrogen (secondary N) is 2. The maximum atomic E-state index is 4.33. The van der Waals surface area contributed by atoms with Crippen molar-refractivity contribution in [3.8, 4) is 0 Å². The van der Waals surface area contributed by atoms with E-state index < -0.39 is 0 Å². The summed E-state index contributed by atoms with van der Waals surface area (Å²) in [6, 6.07) is 18.3. The van der Waals surface area contributed by atoms with Crippen LogP contribution in [-0.2, 0) is 29.9 Å². The van der Waals surface area contributed by atoms with Gasteiger partial charge < -0.3 is 4.98 Å². The Bertz CT molecular complexity index is 671. The van der Waals surface area contributed by atoms with Crippen molar-refractivity contribution < 1.29 is 17.1 Å². The topological polar surface area (TPSA) is 70.2 Å². The van der Waals surface area contributed by atoms with Gasteiger partial charge in [-0.25, -0.2) is 29.2 Å². The van der Waals surface area contributed by atoms with Gasteiger partial charge in [0.05, 0.1) is 18.3 Å². The van der Waals surface area contributed by atoms with Crippen LogP contribution in [0.5, 0.6) is 0 Å². The van der Waals surface area contributed by atoms with E-state index in [0.717, 1.165) is 23.6 Å². The SMILES string of the molecule is [Fe+2].c1cc[c-](Cc2cnc(Cc3cn[nH]n3)[nH]2)c1.c1cc[cH-]c1. The van der Waals surface area contributed by atoms with Gasteiger partial charge in [-0.3, -0.25) is 0 Å². The van der Waals surface area contributed by atoms with Crippen LogP contribution in [0.2, 0.25) is 0 Å². The molecule has 2 heterocycles. The number of aromatic nitrogens is 5. The van der Waals surface area contributed by atoms with Gasteiger partial charge in [0.2, 0.25) is 0 Å². The van der Waals surface area contributed by atoms with Crippen molar-refractivity contribution in [2.45, 2.75) is 12.8 Å². The minimum Gasteiger partial charge on any atom is -0.346 e. The maximum Gasteiger partial charge on any atom is 2.00 e. The smallest absolute Gasteiger partial charge is 0.346 e. The molecule has 118 valence electrons. The molecule has 0 atom stereocenters. The Kier molecular flexibility index (Phi) is 6.54. The average molecular weight is 347 g/mol. The molecule has 2 aromatic carbocycles. The summed E-state index contributed by atoms with van der Waals surface area (Å²) >= 11 is 0. The van der Waals surface area contributed by atoms with Crippen molar-refractivity contribution in [1.29, 1.82) is 0 Å². The first-order valence-corrected chi connectivity index (χ1v) is 7.15. The van der Waals surface area contributed by atoms with Gasteiger partial charge in [0.15, 0.2) is 0 Å². The van der Waals surface area contributed by atoms with Gasteiger partial charge in [0.25, 0.3) is 0 Å². The van der Waals surface area contributed by atoms with E-state index in [1.807, 2.05) is 48.7 Å². The minimum atomic E-state index is 0. The Labute approximate surface area is 145 Å². The fourth-order valence-corrected chi connectivity index (χ4v) is 2.14. The Morgan fingerprint density at radius 2 is 1.83 bits per heavy atom. The van der Waals surface area contributed by atoms with Crippen LogP contribution in [0.1, 0.15) is 22.8 Å². The van der Waals surface area contributed by atoms with Crippen LogP contribution in [0, 0.1) is 0 Å². The van der Waals surface area contributed by atoms with Crippen LogP contribution < -0.4 is 0 Å². The molecule has 6 heteroatoms. The number of hydrogen-bond acceptors (Lipinski definition) is 3. The van der Waals surface area contributed by atoms with Crippen LogP contribution in [0.25, 0.3) is 0 Å². The van der Waals surface area contributed by atoms with E-state index in [9.17, 15) is 0 Å². The van der Waals surface area contributed by atoms with Crippen molar-refractivity contribution in [2.24, 2.45) is 0 Å². The van der Waals surface area contributed by atoms with Crippen molar-refractivity contribution in [3.63, 3.8) is 0 Å². The molecule has 0 radical (unpaired) electrons. The largest absolute Gasteiger partial charge is 2.00 e. The van der Waals surface area contributed by atoms with Gasteiger partial charge in [-0.1, -0.05) is 0 Å². The fraction of sp³-hybridized carbons (Fsp3) is 0.118. The first kappa shape index (κ1) is 16.9. The molecule has 0 aliphatic carbocycles. The number of rotatable bonds is 4. The molecule has 0 amide bonds. The van der Waals surface area contributed by atoms with Crippen LogP contribution >= 0.6 is 0 Å². The van der Waals surface area contributed by atoms with Gasteiger partial charge in [0.1, 0.15) is 5.82 Å². The molecular formula is C17H17FeN5. The Morgan fingerprint density at radius 1 is 1.04 bits per heavy atom. The molecule has 4 aromatic rings. The van der Waals surface area contributed by atoms with Gasteiger partial charge >= 0.3 is 17.1 Å². The molecule has 0 saturated carbocycles. The summed E-state index contributed by atoms with van der Waals surface area (Å²) in [6.07, 6.45) is 5.15. The molecule has 4 rings (SSSR count). The zero-order valence-corrected chi connectivity index (χ0v) is 13.6. The van der Waals surface area contributed by atoms with Crippen molar-refractivity contribution in [1.82, 2.24) is 25.4 Å². The van der Waals surface area contributed by atoms with E-state index in [2.05, 4.69) is 37.5 Å². The van der Waals surface area contributed by atoms with E-state index >= 15 is 0 Å². The van der Waals surface area contributed by atoms with Crippen LogP contribution in [0.15, 0.2) is 67.0 Å².